The van der Waals surface area contributed by atoms with Crippen molar-refractivity contribution in [3.05, 3.63) is 83.4 Å². The molecular weight excluding hydrogens is 402 g/mol. The van der Waals surface area contributed by atoms with Crippen LogP contribution in [0.1, 0.15) is 35.7 Å². The van der Waals surface area contributed by atoms with Crippen molar-refractivity contribution >= 4 is 12.0 Å². The van der Waals surface area contributed by atoms with Gasteiger partial charge >= 0.3 is 0 Å². The molecule has 0 N–H and O–H groups in total. The van der Waals surface area contributed by atoms with Crippen molar-refractivity contribution in [2.45, 2.75) is 31.8 Å². The van der Waals surface area contributed by atoms with Crippen LogP contribution in [0.3, 0.4) is 0 Å². The fraction of sp³-hybridized carbons (Fsp3) is 0.308. The first kappa shape index (κ1) is 20.5. The van der Waals surface area contributed by atoms with E-state index in [0.29, 0.717) is 13.2 Å². The van der Waals surface area contributed by atoms with E-state index in [4.69, 9.17) is 9.47 Å². The second-order valence-corrected chi connectivity index (χ2v) is 8.39. The van der Waals surface area contributed by atoms with Gasteiger partial charge in [-0.15, -0.1) is 0 Å². The highest BCUT2D eigenvalue weighted by Gasteiger charge is 2.39. The molecule has 5 rings (SSSR count). The Morgan fingerprint density at radius 2 is 2.00 bits per heavy atom. The number of amides is 1. The molecule has 0 bridgehead atoms. The van der Waals surface area contributed by atoms with Crippen LogP contribution < -0.4 is 4.74 Å². The first-order valence-corrected chi connectivity index (χ1v) is 11.0. The van der Waals surface area contributed by atoms with Crippen LogP contribution in [0, 0.1) is 6.92 Å². The van der Waals surface area contributed by atoms with E-state index in [2.05, 4.69) is 17.1 Å². The van der Waals surface area contributed by atoms with Crippen LogP contribution >= 0.6 is 0 Å². The molecule has 2 aliphatic rings. The van der Waals surface area contributed by atoms with E-state index in [1.807, 2.05) is 65.1 Å². The number of hydrogen-bond acceptors (Lipinski definition) is 4. The monoisotopic (exact) mass is 429 g/mol. The van der Waals surface area contributed by atoms with Gasteiger partial charge in [0.2, 0.25) is 0 Å². The first-order valence-electron chi connectivity index (χ1n) is 11.0. The Bertz CT molecular complexity index is 1150. The van der Waals surface area contributed by atoms with Gasteiger partial charge in [0.25, 0.3) is 5.91 Å². The molecule has 2 atom stereocenters. The zero-order valence-electron chi connectivity index (χ0n) is 18.4. The van der Waals surface area contributed by atoms with E-state index in [0.717, 1.165) is 46.7 Å². The number of ether oxygens (including phenoxy) is 2. The van der Waals surface area contributed by atoms with Gasteiger partial charge < -0.3 is 18.9 Å². The molecule has 0 aliphatic carbocycles. The third-order valence-electron chi connectivity index (χ3n) is 6.29. The summed E-state index contributed by atoms with van der Waals surface area (Å²) >= 11 is 0. The predicted molar refractivity (Wildman–Crippen MR) is 123 cm³/mol. The number of nitrogens with zero attached hydrogens (tertiary/aromatic N) is 3. The van der Waals surface area contributed by atoms with Crippen molar-refractivity contribution in [1.82, 2.24) is 14.5 Å². The van der Waals surface area contributed by atoms with E-state index in [1.165, 1.54) is 0 Å². The van der Waals surface area contributed by atoms with E-state index in [1.54, 1.807) is 13.4 Å². The Labute approximate surface area is 188 Å². The largest absolute Gasteiger partial charge is 0.495 e. The van der Waals surface area contributed by atoms with E-state index in [9.17, 15) is 4.79 Å². The zero-order chi connectivity index (χ0) is 22.1. The fourth-order valence-corrected chi connectivity index (χ4v) is 4.67. The van der Waals surface area contributed by atoms with Gasteiger partial charge in [-0.2, -0.15) is 0 Å². The highest BCUT2D eigenvalue weighted by Crippen LogP contribution is 2.36. The number of fused-ring (bicyclic) bond motifs is 1. The van der Waals surface area contributed by atoms with Gasteiger partial charge in [0, 0.05) is 11.8 Å². The van der Waals surface area contributed by atoms with Gasteiger partial charge in [-0.3, -0.25) is 4.79 Å². The lowest BCUT2D eigenvalue weighted by Crippen LogP contribution is -2.53. The van der Waals surface area contributed by atoms with Gasteiger partial charge in [0.05, 0.1) is 50.1 Å². The number of imidazole rings is 1. The molecule has 2 aliphatic heterocycles. The van der Waals surface area contributed by atoms with Crippen LogP contribution in [0.15, 0.2) is 66.6 Å². The van der Waals surface area contributed by atoms with Crippen LogP contribution in [-0.2, 0) is 9.53 Å². The van der Waals surface area contributed by atoms with E-state index in [-0.39, 0.29) is 18.0 Å². The summed E-state index contributed by atoms with van der Waals surface area (Å²) < 4.78 is 13.4. The number of hydrogen-bond donors (Lipinski definition) is 0. The molecule has 164 valence electrons. The summed E-state index contributed by atoms with van der Waals surface area (Å²) in [7, 11) is 1.66. The molecule has 0 unspecified atom stereocenters. The van der Waals surface area contributed by atoms with Gasteiger partial charge in [0.1, 0.15) is 5.75 Å². The minimum Gasteiger partial charge on any atom is -0.495 e. The van der Waals surface area contributed by atoms with Crippen LogP contribution in [0.2, 0.25) is 0 Å². The smallest absolute Gasteiger partial charge is 0.250 e. The molecule has 32 heavy (non-hydrogen) atoms. The molecule has 1 aromatic heterocycles. The van der Waals surface area contributed by atoms with Gasteiger partial charge in [-0.05, 0) is 49.1 Å². The number of aromatic nitrogens is 2. The fourth-order valence-electron chi connectivity index (χ4n) is 4.67. The molecule has 0 radical (unpaired) electrons. The van der Waals surface area contributed by atoms with Crippen LogP contribution in [0.25, 0.3) is 11.8 Å². The minimum absolute atomic E-state index is 0.0486. The quantitative estimate of drug-likeness (QED) is 0.579. The summed E-state index contributed by atoms with van der Waals surface area (Å²) in [5.74, 6) is 0.845. The Hall–Kier alpha value is -3.38. The lowest BCUT2D eigenvalue weighted by atomic mass is 9.91. The summed E-state index contributed by atoms with van der Waals surface area (Å²) in [5, 5.41) is 0. The number of benzene rings is 2. The average Bonchev–Trinajstić information content (AvgIpc) is 3.27. The average molecular weight is 430 g/mol. The van der Waals surface area contributed by atoms with Crippen LogP contribution in [0.5, 0.6) is 5.75 Å². The number of methoxy groups -OCH3 is 1. The normalized spacial score (nSPS) is 22.1. The van der Waals surface area contributed by atoms with Crippen molar-refractivity contribution in [2.75, 3.05) is 20.3 Å². The number of rotatable bonds is 4. The Morgan fingerprint density at radius 3 is 2.75 bits per heavy atom. The molecular formula is C26H27N3O3. The predicted octanol–water partition coefficient (Wildman–Crippen LogP) is 4.34. The number of aryl methyl sites for hydroxylation is 1. The minimum atomic E-state index is -0.0486. The molecule has 2 aromatic carbocycles. The van der Waals surface area contributed by atoms with Gasteiger partial charge in [0.15, 0.2) is 0 Å². The topological polar surface area (TPSA) is 56.6 Å². The summed E-state index contributed by atoms with van der Waals surface area (Å²) in [6.07, 6.45) is 7.39. The summed E-state index contributed by atoms with van der Waals surface area (Å²) in [5.41, 5.74) is 4.77. The van der Waals surface area contributed by atoms with Crippen LogP contribution in [-0.4, -0.2) is 46.7 Å². The van der Waals surface area contributed by atoms with Crippen molar-refractivity contribution in [1.29, 1.82) is 0 Å². The van der Waals surface area contributed by atoms with E-state index >= 15 is 0 Å². The number of carbonyl (C=O) groups excluding carboxylic acids is 1. The lowest BCUT2D eigenvalue weighted by Gasteiger charge is -2.45. The van der Waals surface area contributed by atoms with Gasteiger partial charge in [-0.25, -0.2) is 4.98 Å². The standard InChI is InChI=1S/C26H27N3O3/c1-18-14-28(17-27-18)23-11-8-19(13-25(23)31-2)12-21-9-10-22-15-32-16-24(29(22)26(21)30)20-6-4-3-5-7-20/h3-8,11-14,17,22,24H,9-10,15-16H2,1-2H3/b21-12+/t22-,24+/m1/s1. The third kappa shape index (κ3) is 3.82. The Balaban J connectivity index is 1.45. The molecule has 2 fully saturated rings. The van der Waals surface area contributed by atoms with Crippen molar-refractivity contribution < 1.29 is 14.3 Å². The molecule has 3 aromatic rings. The van der Waals surface area contributed by atoms with Crippen molar-refractivity contribution in [3.63, 3.8) is 0 Å². The maximum absolute atomic E-state index is 13.6. The number of morpholine rings is 1. The maximum Gasteiger partial charge on any atom is 0.250 e. The second-order valence-electron chi connectivity index (χ2n) is 8.39. The molecule has 3 heterocycles. The molecule has 6 heteroatoms. The summed E-state index contributed by atoms with van der Waals surface area (Å²) in [6, 6.07) is 16.2. The summed E-state index contributed by atoms with van der Waals surface area (Å²) in [4.78, 5) is 19.9. The van der Waals surface area contributed by atoms with Gasteiger partial charge in [-0.1, -0.05) is 36.4 Å². The third-order valence-corrected chi connectivity index (χ3v) is 6.29. The Kier molecular flexibility index (Phi) is 5.53. The second kappa shape index (κ2) is 8.63. The van der Waals surface area contributed by atoms with Crippen LogP contribution in [0.4, 0.5) is 0 Å². The van der Waals surface area contributed by atoms with Crippen molar-refractivity contribution in [2.24, 2.45) is 0 Å². The molecule has 1 amide bonds. The highest BCUT2D eigenvalue weighted by atomic mass is 16.5. The number of piperidine rings is 1. The first-order chi connectivity index (χ1) is 15.6. The molecule has 2 saturated heterocycles. The Morgan fingerprint density at radius 1 is 1.16 bits per heavy atom. The SMILES string of the molecule is COc1cc(/C=C2\CC[C@@H]3COC[C@@H](c4ccccc4)N3C2=O)ccc1-n1cnc(C)c1. The molecule has 0 saturated carbocycles. The zero-order valence-corrected chi connectivity index (χ0v) is 18.4. The maximum atomic E-state index is 13.6. The highest BCUT2D eigenvalue weighted by molar-refractivity contribution is 5.99. The number of carbonyl (C=O) groups is 1. The van der Waals surface area contributed by atoms with Crippen molar-refractivity contribution in [3.8, 4) is 11.4 Å². The van der Waals surface area contributed by atoms with E-state index < -0.39 is 0 Å². The molecule has 6 nitrogen and oxygen atoms in total. The lowest BCUT2D eigenvalue weighted by molar-refractivity contribution is -0.145. The summed E-state index contributed by atoms with van der Waals surface area (Å²) in [6.45, 7) is 3.10. The molecule has 0 spiro atoms.